The van der Waals surface area contributed by atoms with Crippen molar-refractivity contribution < 1.29 is 0 Å². The summed E-state index contributed by atoms with van der Waals surface area (Å²) in [6, 6.07) is 63.9. The van der Waals surface area contributed by atoms with Gasteiger partial charge in [-0.1, -0.05) is 170 Å². The van der Waals surface area contributed by atoms with Gasteiger partial charge in [0, 0.05) is 38.4 Å². The van der Waals surface area contributed by atoms with Crippen molar-refractivity contribution in [1.82, 2.24) is 19.5 Å². The third kappa shape index (κ3) is 4.80. The van der Waals surface area contributed by atoms with Gasteiger partial charge in [-0.05, 0) is 33.9 Å². The van der Waals surface area contributed by atoms with Crippen LogP contribution < -0.4 is 0 Å². The molecule has 0 bridgehead atoms. The first kappa shape index (κ1) is 29.0. The standard InChI is InChI=1S/C47H30N4/c1-4-16-31(17-5-1)35-29-28-34(47-49-45(32-18-6-2-7-19-32)48-46(50-47)33-20-8-3-9-21-33)30-42(35)51-41-27-15-14-26-40(41)43-38-24-12-10-22-36(38)37-23-11-13-25-39(37)44(43)51/h1-30H. The molecule has 0 N–H and O–H groups in total. The second-order valence-corrected chi connectivity index (χ2v) is 12.8. The molecule has 0 aliphatic carbocycles. The van der Waals surface area contributed by atoms with Gasteiger partial charge < -0.3 is 4.57 Å². The molecule has 51 heavy (non-hydrogen) atoms. The first-order chi connectivity index (χ1) is 25.3. The minimum absolute atomic E-state index is 0.625. The van der Waals surface area contributed by atoms with Crippen molar-refractivity contribution in [2.24, 2.45) is 0 Å². The Kier molecular flexibility index (Phi) is 6.78. The molecule has 0 unspecified atom stereocenters. The van der Waals surface area contributed by atoms with Gasteiger partial charge in [0.1, 0.15) is 0 Å². The van der Waals surface area contributed by atoms with Gasteiger partial charge in [-0.2, -0.15) is 0 Å². The van der Waals surface area contributed by atoms with Crippen LogP contribution in [0.4, 0.5) is 0 Å². The highest BCUT2D eigenvalue weighted by atomic mass is 15.0. The van der Waals surface area contributed by atoms with Gasteiger partial charge in [-0.3, -0.25) is 0 Å². The highest BCUT2D eigenvalue weighted by molar-refractivity contribution is 6.32. The summed E-state index contributed by atoms with van der Waals surface area (Å²) in [6.07, 6.45) is 0. The predicted octanol–water partition coefficient (Wildman–Crippen LogP) is 11.9. The van der Waals surface area contributed by atoms with Crippen LogP contribution in [0.5, 0.6) is 0 Å². The maximum Gasteiger partial charge on any atom is 0.164 e. The fourth-order valence-electron chi connectivity index (χ4n) is 7.53. The molecule has 2 aromatic heterocycles. The van der Waals surface area contributed by atoms with Crippen LogP contribution in [0.15, 0.2) is 182 Å². The van der Waals surface area contributed by atoms with Crippen molar-refractivity contribution in [2.45, 2.75) is 0 Å². The molecule has 0 fully saturated rings. The van der Waals surface area contributed by atoms with E-state index in [-0.39, 0.29) is 0 Å². The molecule has 0 saturated carbocycles. The summed E-state index contributed by atoms with van der Waals surface area (Å²) in [4.78, 5) is 15.2. The summed E-state index contributed by atoms with van der Waals surface area (Å²) >= 11 is 0. The van der Waals surface area contributed by atoms with Crippen molar-refractivity contribution in [3.8, 4) is 51.0 Å². The Morgan fingerprint density at radius 2 is 0.784 bits per heavy atom. The Balaban J connectivity index is 1.32. The molecule has 0 spiro atoms. The topological polar surface area (TPSA) is 43.6 Å². The smallest absolute Gasteiger partial charge is 0.164 e. The van der Waals surface area contributed by atoms with Crippen molar-refractivity contribution in [2.75, 3.05) is 0 Å². The largest absolute Gasteiger partial charge is 0.308 e. The van der Waals surface area contributed by atoms with Crippen molar-refractivity contribution in [3.05, 3.63) is 182 Å². The summed E-state index contributed by atoms with van der Waals surface area (Å²) in [5.41, 5.74) is 8.46. The molecule has 10 rings (SSSR count). The highest BCUT2D eigenvalue weighted by Gasteiger charge is 2.22. The molecule has 0 aliphatic heterocycles. The van der Waals surface area contributed by atoms with E-state index in [1.165, 1.54) is 37.8 Å². The number of benzene rings is 8. The van der Waals surface area contributed by atoms with Crippen LogP contribution in [0.1, 0.15) is 0 Å². The molecule has 2 heterocycles. The number of aromatic nitrogens is 4. The zero-order chi connectivity index (χ0) is 33.7. The number of para-hydroxylation sites is 1. The third-order valence-corrected chi connectivity index (χ3v) is 9.82. The van der Waals surface area contributed by atoms with Gasteiger partial charge in [0.15, 0.2) is 17.5 Å². The molecule has 4 heteroatoms. The van der Waals surface area contributed by atoms with Crippen LogP contribution in [-0.4, -0.2) is 19.5 Å². The van der Waals surface area contributed by atoms with Crippen LogP contribution in [0.25, 0.3) is 94.3 Å². The van der Waals surface area contributed by atoms with Gasteiger partial charge >= 0.3 is 0 Å². The molecule has 4 nitrogen and oxygen atoms in total. The average Bonchev–Trinajstić information content (AvgIpc) is 3.57. The fourth-order valence-corrected chi connectivity index (χ4v) is 7.53. The van der Waals surface area contributed by atoms with E-state index >= 15 is 0 Å². The second-order valence-electron chi connectivity index (χ2n) is 12.8. The van der Waals surface area contributed by atoms with Gasteiger partial charge in [0.05, 0.1) is 16.7 Å². The van der Waals surface area contributed by atoms with Gasteiger partial charge in [-0.25, -0.2) is 15.0 Å². The summed E-state index contributed by atoms with van der Waals surface area (Å²) in [6.45, 7) is 0. The Labute approximate surface area is 295 Å². The number of nitrogens with zero attached hydrogens (tertiary/aromatic N) is 4. The molecule has 8 aromatic carbocycles. The highest BCUT2D eigenvalue weighted by Crippen LogP contribution is 2.44. The third-order valence-electron chi connectivity index (χ3n) is 9.82. The zero-order valence-corrected chi connectivity index (χ0v) is 27.6. The Bertz CT molecular complexity index is 2840. The van der Waals surface area contributed by atoms with Crippen LogP contribution in [0.2, 0.25) is 0 Å². The Morgan fingerprint density at radius 1 is 0.333 bits per heavy atom. The first-order valence-corrected chi connectivity index (χ1v) is 17.2. The lowest BCUT2D eigenvalue weighted by Crippen LogP contribution is -2.02. The van der Waals surface area contributed by atoms with E-state index in [0.29, 0.717) is 17.5 Å². The van der Waals surface area contributed by atoms with Gasteiger partial charge in [0.25, 0.3) is 0 Å². The van der Waals surface area contributed by atoms with Crippen molar-refractivity contribution >= 4 is 43.4 Å². The predicted molar refractivity (Wildman–Crippen MR) is 211 cm³/mol. The number of hydrogen-bond acceptors (Lipinski definition) is 3. The minimum Gasteiger partial charge on any atom is -0.308 e. The van der Waals surface area contributed by atoms with Crippen LogP contribution in [0.3, 0.4) is 0 Å². The molecule has 238 valence electrons. The van der Waals surface area contributed by atoms with E-state index in [4.69, 9.17) is 15.0 Å². The summed E-state index contributed by atoms with van der Waals surface area (Å²) in [7, 11) is 0. The van der Waals surface area contributed by atoms with Crippen LogP contribution in [-0.2, 0) is 0 Å². The number of fused-ring (bicyclic) bond motifs is 8. The van der Waals surface area contributed by atoms with E-state index < -0.39 is 0 Å². The quantitative estimate of drug-likeness (QED) is 0.174. The molecule has 0 atom stereocenters. The normalized spacial score (nSPS) is 11.5. The molecular formula is C47H30N4. The van der Waals surface area contributed by atoms with E-state index in [1.54, 1.807) is 0 Å². The van der Waals surface area contributed by atoms with Gasteiger partial charge in [0.2, 0.25) is 0 Å². The Morgan fingerprint density at radius 3 is 1.39 bits per heavy atom. The summed E-state index contributed by atoms with van der Waals surface area (Å²) in [5.74, 6) is 1.91. The second kappa shape index (κ2) is 11.9. The fraction of sp³-hybridized carbons (Fsp3) is 0. The van der Waals surface area contributed by atoms with E-state index in [2.05, 4.69) is 126 Å². The van der Waals surface area contributed by atoms with E-state index in [9.17, 15) is 0 Å². The van der Waals surface area contributed by atoms with Crippen molar-refractivity contribution in [3.63, 3.8) is 0 Å². The SMILES string of the molecule is c1ccc(-c2nc(-c3ccccc3)nc(-c3ccc(-c4ccccc4)c(-n4c5ccccc5c5c6ccccc6c6ccccc6c54)c3)n2)cc1. The number of rotatable bonds is 5. The molecule has 0 aliphatic rings. The molecule has 10 aromatic rings. The Hall–Kier alpha value is -6.91. The van der Waals surface area contributed by atoms with Crippen molar-refractivity contribution in [1.29, 1.82) is 0 Å². The molecule has 0 saturated heterocycles. The van der Waals surface area contributed by atoms with Crippen LogP contribution in [0, 0.1) is 0 Å². The van der Waals surface area contributed by atoms with Crippen LogP contribution >= 0.6 is 0 Å². The van der Waals surface area contributed by atoms with E-state index in [1.807, 2.05) is 60.7 Å². The summed E-state index contributed by atoms with van der Waals surface area (Å²) in [5, 5.41) is 7.42. The molecule has 0 amide bonds. The monoisotopic (exact) mass is 650 g/mol. The van der Waals surface area contributed by atoms with E-state index in [0.717, 1.165) is 39.0 Å². The molecular weight excluding hydrogens is 621 g/mol. The lowest BCUT2D eigenvalue weighted by Gasteiger charge is -2.17. The lowest BCUT2D eigenvalue weighted by atomic mass is 9.96. The summed E-state index contributed by atoms with van der Waals surface area (Å²) < 4.78 is 2.46. The minimum atomic E-state index is 0.625. The lowest BCUT2D eigenvalue weighted by molar-refractivity contribution is 1.07. The maximum atomic E-state index is 5.11. The van der Waals surface area contributed by atoms with Gasteiger partial charge in [-0.15, -0.1) is 0 Å². The number of hydrogen-bond donors (Lipinski definition) is 0. The average molecular weight is 651 g/mol. The maximum absolute atomic E-state index is 5.11. The zero-order valence-electron chi connectivity index (χ0n) is 27.6. The first-order valence-electron chi connectivity index (χ1n) is 17.2. The molecule has 0 radical (unpaired) electrons.